The molecule has 1 atom stereocenters. The second kappa shape index (κ2) is 10.7. The lowest BCUT2D eigenvalue weighted by molar-refractivity contribution is 0.0690. The maximum absolute atomic E-state index is 13.8. The lowest BCUT2D eigenvalue weighted by Gasteiger charge is -2.43. The number of carbonyl (C=O) groups excluding carboxylic acids is 1. The van der Waals surface area contributed by atoms with E-state index in [4.69, 9.17) is 4.74 Å². The van der Waals surface area contributed by atoms with Gasteiger partial charge < -0.3 is 19.6 Å². The van der Waals surface area contributed by atoms with Crippen LogP contribution in [0.3, 0.4) is 0 Å². The van der Waals surface area contributed by atoms with E-state index in [2.05, 4.69) is 11.8 Å². The average Bonchev–Trinajstić information content (AvgIpc) is 2.85. The molecule has 2 aliphatic heterocycles. The van der Waals surface area contributed by atoms with Crippen LogP contribution in [0.2, 0.25) is 0 Å². The second-order valence-corrected chi connectivity index (χ2v) is 12.0. The van der Waals surface area contributed by atoms with Gasteiger partial charge in [-0.2, -0.15) is 0 Å². The first-order valence-electron chi connectivity index (χ1n) is 12.7. The van der Waals surface area contributed by atoms with E-state index in [0.717, 1.165) is 24.2 Å². The SMILES string of the molecule is CCc1ccc(N(CC(C)C)S(=O)(=O)c2ccc3c(c2)C(O)CCN3CC2CN(C(=O)OC)C2)cc1. The summed E-state index contributed by atoms with van der Waals surface area (Å²) in [5, 5.41) is 10.8. The first-order valence-corrected chi connectivity index (χ1v) is 14.1. The molecular formula is C27H37N3O5S. The normalized spacial score (nSPS) is 18.1. The average molecular weight is 516 g/mol. The van der Waals surface area contributed by atoms with Gasteiger partial charge in [0.2, 0.25) is 0 Å². The van der Waals surface area contributed by atoms with Crippen molar-refractivity contribution in [2.24, 2.45) is 11.8 Å². The van der Waals surface area contributed by atoms with Gasteiger partial charge in [-0.15, -0.1) is 0 Å². The van der Waals surface area contributed by atoms with Crippen molar-refractivity contribution in [3.63, 3.8) is 0 Å². The molecule has 0 radical (unpaired) electrons. The van der Waals surface area contributed by atoms with Crippen LogP contribution in [0.5, 0.6) is 0 Å². The zero-order valence-corrected chi connectivity index (χ0v) is 22.4. The van der Waals surface area contributed by atoms with E-state index in [9.17, 15) is 18.3 Å². The molecule has 2 aliphatic rings. The van der Waals surface area contributed by atoms with Gasteiger partial charge in [0.1, 0.15) is 0 Å². The molecule has 2 aromatic carbocycles. The van der Waals surface area contributed by atoms with Gasteiger partial charge in [0.05, 0.1) is 23.8 Å². The van der Waals surface area contributed by atoms with E-state index in [1.807, 2.05) is 44.2 Å². The Hall–Kier alpha value is -2.78. The number of aryl methyl sites for hydroxylation is 1. The summed E-state index contributed by atoms with van der Waals surface area (Å²) in [5.74, 6) is 0.444. The maximum Gasteiger partial charge on any atom is 0.409 e. The molecule has 1 amide bonds. The molecule has 0 aliphatic carbocycles. The van der Waals surface area contributed by atoms with Gasteiger partial charge in [0.15, 0.2) is 0 Å². The Kier molecular flexibility index (Phi) is 7.80. The third-order valence-corrected chi connectivity index (χ3v) is 8.78. The predicted molar refractivity (Wildman–Crippen MR) is 141 cm³/mol. The highest BCUT2D eigenvalue weighted by atomic mass is 32.2. The highest BCUT2D eigenvalue weighted by Gasteiger charge is 2.35. The van der Waals surface area contributed by atoms with Crippen LogP contribution in [0.15, 0.2) is 47.4 Å². The Morgan fingerprint density at radius 2 is 1.86 bits per heavy atom. The number of anilines is 2. The number of fused-ring (bicyclic) bond motifs is 1. The molecule has 2 heterocycles. The van der Waals surface area contributed by atoms with Crippen molar-refractivity contribution in [2.75, 3.05) is 49.0 Å². The largest absolute Gasteiger partial charge is 0.453 e. The quantitative estimate of drug-likeness (QED) is 0.571. The molecule has 1 N–H and O–H groups in total. The van der Waals surface area contributed by atoms with E-state index in [1.54, 1.807) is 17.0 Å². The highest BCUT2D eigenvalue weighted by molar-refractivity contribution is 7.92. The number of aliphatic hydroxyl groups is 1. The van der Waals surface area contributed by atoms with Crippen LogP contribution in [0, 0.1) is 11.8 Å². The van der Waals surface area contributed by atoms with Crippen molar-refractivity contribution in [1.82, 2.24) is 4.90 Å². The Morgan fingerprint density at radius 3 is 2.47 bits per heavy atom. The van der Waals surface area contributed by atoms with Gasteiger partial charge in [-0.1, -0.05) is 32.9 Å². The molecule has 196 valence electrons. The molecule has 0 saturated carbocycles. The molecule has 1 saturated heterocycles. The third-order valence-electron chi connectivity index (χ3n) is 6.99. The fourth-order valence-corrected chi connectivity index (χ4v) is 6.63. The molecule has 2 aromatic rings. The number of carbonyl (C=O) groups is 1. The Labute approximate surface area is 214 Å². The first-order chi connectivity index (χ1) is 17.1. The number of amides is 1. The smallest absolute Gasteiger partial charge is 0.409 e. The summed E-state index contributed by atoms with van der Waals surface area (Å²) in [5.41, 5.74) is 3.28. The fraction of sp³-hybridized carbons (Fsp3) is 0.519. The first kappa shape index (κ1) is 26.3. The maximum atomic E-state index is 13.8. The zero-order valence-electron chi connectivity index (χ0n) is 21.6. The summed E-state index contributed by atoms with van der Waals surface area (Å²) >= 11 is 0. The van der Waals surface area contributed by atoms with Crippen LogP contribution >= 0.6 is 0 Å². The minimum absolute atomic E-state index is 0.136. The third kappa shape index (κ3) is 5.32. The standard InChI is InChI=1S/C27H37N3O5S/c1-5-20-6-8-22(9-7-20)30(15-19(2)3)36(33,34)23-10-11-25-24(14-23)26(31)12-13-28(25)16-21-17-29(18-21)27(32)35-4/h6-11,14,19,21,26,31H,5,12-13,15-18H2,1-4H3. The molecule has 9 heteroatoms. The minimum atomic E-state index is -3.83. The summed E-state index contributed by atoms with van der Waals surface area (Å²) in [4.78, 5) is 15.7. The van der Waals surface area contributed by atoms with Crippen molar-refractivity contribution in [3.05, 3.63) is 53.6 Å². The van der Waals surface area contributed by atoms with Gasteiger partial charge in [-0.25, -0.2) is 13.2 Å². The van der Waals surface area contributed by atoms with E-state index in [-0.39, 0.29) is 16.9 Å². The number of ether oxygens (including phenoxy) is 1. The molecule has 0 spiro atoms. The summed E-state index contributed by atoms with van der Waals surface area (Å²) in [6.45, 7) is 9.11. The fourth-order valence-electron chi connectivity index (χ4n) is 4.97. The number of rotatable bonds is 8. The monoisotopic (exact) mass is 515 g/mol. The summed E-state index contributed by atoms with van der Waals surface area (Å²) in [7, 11) is -2.45. The molecule has 4 rings (SSSR count). The Morgan fingerprint density at radius 1 is 1.17 bits per heavy atom. The van der Waals surface area contributed by atoms with Gasteiger partial charge >= 0.3 is 6.09 Å². The van der Waals surface area contributed by atoms with Crippen molar-refractivity contribution in [3.8, 4) is 0 Å². The van der Waals surface area contributed by atoms with Gasteiger partial charge in [-0.05, 0) is 54.7 Å². The summed E-state index contributed by atoms with van der Waals surface area (Å²) in [6, 6.07) is 12.8. The summed E-state index contributed by atoms with van der Waals surface area (Å²) < 4.78 is 33.9. The van der Waals surface area contributed by atoms with Crippen LogP contribution < -0.4 is 9.21 Å². The van der Waals surface area contributed by atoms with Gasteiger partial charge in [0.25, 0.3) is 10.0 Å². The van der Waals surface area contributed by atoms with E-state index < -0.39 is 16.1 Å². The number of aliphatic hydroxyl groups excluding tert-OH is 1. The number of likely N-dealkylation sites (tertiary alicyclic amines) is 1. The molecule has 36 heavy (non-hydrogen) atoms. The number of nitrogens with zero attached hydrogens (tertiary/aromatic N) is 3. The highest BCUT2D eigenvalue weighted by Crippen LogP contribution is 2.37. The van der Waals surface area contributed by atoms with Crippen LogP contribution in [0.1, 0.15) is 44.4 Å². The zero-order chi connectivity index (χ0) is 26.0. The van der Waals surface area contributed by atoms with E-state index >= 15 is 0 Å². The lowest BCUT2D eigenvalue weighted by Crippen LogP contribution is -2.54. The van der Waals surface area contributed by atoms with Crippen molar-refractivity contribution < 1.29 is 23.1 Å². The van der Waals surface area contributed by atoms with Gasteiger partial charge in [0, 0.05) is 49.9 Å². The minimum Gasteiger partial charge on any atom is -0.453 e. The van der Waals surface area contributed by atoms with Gasteiger partial charge in [-0.3, -0.25) is 4.31 Å². The molecule has 1 fully saturated rings. The lowest BCUT2D eigenvalue weighted by atomic mass is 9.95. The van der Waals surface area contributed by atoms with Crippen molar-refractivity contribution in [1.29, 1.82) is 0 Å². The number of hydrogen-bond acceptors (Lipinski definition) is 6. The van der Waals surface area contributed by atoms with Crippen LogP contribution in [-0.4, -0.2) is 64.4 Å². The van der Waals surface area contributed by atoms with Crippen molar-refractivity contribution in [2.45, 2.75) is 44.6 Å². The van der Waals surface area contributed by atoms with E-state index in [1.165, 1.54) is 11.4 Å². The Balaban J connectivity index is 1.59. The topological polar surface area (TPSA) is 90.4 Å². The number of benzene rings is 2. The van der Waals surface area contributed by atoms with Crippen LogP contribution in [-0.2, 0) is 21.2 Å². The molecule has 8 nitrogen and oxygen atoms in total. The van der Waals surface area contributed by atoms with E-state index in [0.29, 0.717) is 49.8 Å². The van der Waals surface area contributed by atoms with Crippen LogP contribution in [0.25, 0.3) is 0 Å². The number of methoxy groups -OCH3 is 1. The Bertz CT molecular complexity index is 1180. The van der Waals surface area contributed by atoms with Crippen LogP contribution in [0.4, 0.5) is 16.2 Å². The number of hydrogen-bond donors (Lipinski definition) is 1. The predicted octanol–water partition coefficient (Wildman–Crippen LogP) is 4.04. The summed E-state index contributed by atoms with van der Waals surface area (Å²) in [6.07, 6.45) is 0.378. The molecule has 1 unspecified atom stereocenters. The second-order valence-electron chi connectivity index (χ2n) is 10.2. The molecular weight excluding hydrogens is 478 g/mol. The number of sulfonamides is 1. The molecule has 0 aromatic heterocycles. The van der Waals surface area contributed by atoms with Crippen molar-refractivity contribution >= 4 is 27.5 Å². The molecule has 0 bridgehead atoms.